The molecule has 0 bridgehead atoms. The van der Waals surface area contributed by atoms with Gasteiger partial charge in [0.25, 0.3) is 5.91 Å². The first-order chi connectivity index (χ1) is 21.5. The minimum Gasteiger partial charge on any atom is -0.477 e. The van der Waals surface area contributed by atoms with E-state index in [1.165, 1.54) is 23.1 Å². The molecule has 1 heterocycles. The number of nitrogens with zero attached hydrogens (tertiary/aromatic N) is 1. The number of ether oxygens (including phenoxy) is 2. The van der Waals surface area contributed by atoms with Gasteiger partial charge in [0.15, 0.2) is 5.78 Å². The molecule has 0 aliphatic heterocycles. The normalized spacial score (nSPS) is 10.6. The first-order valence-electron chi connectivity index (χ1n) is 14.6. The molecule has 3 aromatic carbocycles. The van der Waals surface area contributed by atoms with Gasteiger partial charge in [-0.2, -0.15) is 0 Å². The van der Waals surface area contributed by atoms with Crippen molar-refractivity contribution in [2.45, 2.75) is 40.5 Å². The highest BCUT2D eigenvalue weighted by Gasteiger charge is 2.29. The summed E-state index contributed by atoms with van der Waals surface area (Å²) < 4.78 is 11.0. The second kappa shape index (κ2) is 17.7. The van der Waals surface area contributed by atoms with Crippen LogP contribution in [-0.4, -0.2) is 42.5 Å². The molecular formula is C35H37Cl2NO6S. The molecule has 0 radical (unpaired) electrons. The maximum absolute atomic E-state index is 13.6. The number of halogens is 2. The number of para-hydroxylation sites is 1. The number of carbonyl (C=O) groups is 3. The van der Waals surface area contributed by atoms with Gasteiger partial charge in [-0.1, -0.05) is 69.1 Å². The minimum atomic E-state index is -1.21. The lowest BCUT2D eigenvalue weighted by molar-refractivity contribution is -0.120. The van der Waals surface area contributed by atoms with Crippen molar-refractivity contribution in [1.29, 1.82) is 0 Å². The van der Waals surface area contributed by atoms with Crippen LogP contribution in [0.1, 0.15) is 60.6 Å². The number of benzene rings is 3. The lowest BCUT2D eigenvalue weighted by atomic mass is 10.1. The van der Waals surface area contributed by atoms with E-state index in [0.717, 1.165) is 43.0 Å². The molecule has 0 saturated heterocycles. The molecule has 0 atom stereocenters. The number of hydrogen-bond donors (Lipinski definition) is 1. The number of ketones is 1. The van der Waals surface area contributed by atoms with Crippen molar-refractivity contribution in [3.63, 3.8) is 0 Å². The van der Waals surface area contributed by atoms with Crippen molar-refractivity contribution in [2.75, 3.05) is 24.7 Å². The zero-order chi connectivity index (χ0) is 32.9. The van der Waals surface area contributed by atoms with E-state index in [1.54, 1.807) is 44.2 Å². The smallest absolute Gasteiger partial charge is 0.348 e. The van der Waals surface area contributed by atoms with Crippen molar-refractivity contribution < 1.29 is 29.0 Å². The van der Waals surface area contributed by atoms with Gasteiger partial charge in [-0.15, -0.1) is 11.3 Å². The Balaban J connectivity index is 0.000000707. The quantitative estimate of drug-likeness (QED) is 0.142. The number of hydrogen-bond acceptors (Lipinski definition) is 6. The summed E-state index contributed by atoms with van der Waals surface area (Å²) in [5.74, 6) is -1.09. The van der Waals surface area contributed by atoms with Crippen molar-refractivity contribution in [3.8, 4) is 21.9 Å². The molecular weight excluding hydrogens is 633 g/mol. The van der Waals surface area contributed by atoms with Gasteiger partial charge in [0, 0.05) is 29.0 Å². The first-order valence-corrected chi connectivity index (χ1v) is 16.2. The standard InChI is InChI=1S/C29H23Cl2NO5S.C6H14O/c1-17(2)25(33)16-32(28(34)22-13-10-19(30)14-23(22)31)24-15-26(38-27(24)29(35)36)18-8-11-21(12-9-18)37-20-6-4-3-5-7-20;1-3-5-7-6-4-2/h3-15,17H,16H2,1-2H3,(H,35,36);3-6H2,1-2H3. The summed E-state index contributed by atoms with van der Waals surface area (Å²) in [6.45, 7) is 9.22. The molecule has 0 fully saturated rings. The van der Waals surface area contributed by atoms with E-state index in [1.807, 2.05) is 30.3 Å². The molecule has 0 aliphatic rings. The SMILES string of the molecule is CC(C)C(=O)CN(C(=O)c1ccc(Cl)cc1Cl)c1cc(-c2ccc(Oc3ccccc3)cc2)sc1C(=O)O.CCCOCCC. The van der Waals surface area contributed by atoms with E-state index in [2.05, 4.69) is 13.8 Å². The molecule has 7 nitrogen and oxygen atoms in total. The van der Waals surface area contributed by atoms with Gasteiger partial charge < -0.3 is 14.6 Å². The Bertz CT molecular complexity index is 1570. The van der Waals surface area contributed by atoms with Crippen LogP contribution in [0.4, 0.5) is 5.69 Å². The van der Waals surface area contributed by atoms with E-state index in [0.29, 0.717) is 21.4 Å². The zero-order valence-electron chi connectivity index (χ0n) is 25.7. The highest BCUT2D eigenvalue weighted by atomic mass is 35.5. The zero-order valence-corrected chi connectivity index (χ0v) is 28.0. The molecule has 10 heteroatoms. The Hall–Kier alpha value is -3.69. The van der Waals surface area contributed by atoms with Crippen molar-refractivity contribution in [3.05, 3.63) is 99.3 Å². The summed E-state index contributed by atoms with van der Waals surface area (Å²) in [7, 11) is 0. The molecule has 1 N–H and O–H groups in total. The Morgan fingerprint density at radius 3 is 2.04 bits per heavy atom. The molecule has 0 unspecified atom stereocenters. The van der Waals surface area contributed by atoms with Gasteiger partial charge in [0.2, 0.25) is 0 Å². The van der Waals surface area contributed by atoms with Crippen LogP contribution in [0.5, 0.6) is 11.5 Å². The highest BCUT2D eigenvalue weighted by molar-refractivity contribution is 7.18. The predicted octanol–water partition coefficient (Wildman–Crippen LogP) is 9.91. The summed E-state index contributed by atoms with van der Waals surface area (Å²) in [4.78, 5) is 40.3. The topological polar surface area (TPSA) is 93.1 Å². The van der Waals surface area contributed by atoms with Crippen LogP contribution in [0.3, 0.4) is 0 Å². The second-order valence-corrected chi connectivity index (χ2v) is 12.2. The fourth-order valence-electron chi connectivity index (χ4n) is 3.99. The van der Waals surface area contributed by atoms with E-state index in [9.17, 15) is 19.5 Å². The number of Topliss-reactive ketones (excluding diaryl/α,β-unsaturated/α-hetero) is 1. The van der Waals surface area contributed by atoms with Gasteiger partial charge in [-0.05, 0) is 79.1 Å². The van der Waals surface area contributed by atoms with Crippen LogP contribution in [0.2, 0.25) is 10.0 Å². The molecule has 4 rings (SSSR count). The summed E-state index contributed by atoms with van der Waals surface area (Å²) >= 11 is 13.3. The maximum atomic E-state index is 13.6. The fourth-order valence-corrected chi connectivity index (χ4v) is 5.49. The molecule has 1 amide bonds. The van der Waals surface area contributed by atoms with E-state index < -0.39 is 11.9 Å². The number of rotatable bonds is 13. The lowest BCUT2D eigenvalue weighted by Crippen LogP contribution is -2.38. The first kappa shape index (κ1) is 35.8. The van der Waals surface area contributed by atoms with Crippen molar-refractivity contribution in [2.24, 2.45) is 5.92 Å². The number of aromatic carboxylic acids is 1. The molecule has 45 heavy (non-hydrogen) atoms. The monoisotopic (exact) mass is 669 g/mol. The average molecular weight is 671 g/mol. The molecule has 0 saturated carbocycles. The molecule has 0 spiro atoms. The minimum absolute atomic E-state index is 0.0698. The third kappa shape index (κ3) is 10.4. The van der Waals surface area contributed by atoms with Crippen molar-refractivity contribution in [1.82, 2.24) is 0 Å². The van der Waals surface area contributed by atoms with Gasteiger partial charge in [0.1, 0.15) is 16.4 Å². The largest absolute Gasteiger partial charge is 0.477 e. The number of anilines is 1. The third-order valence-corrected chi connectivity index (χ3v) is 8.09. The van der Waals surface area contributed by atoms with Crippen LogP contribution in [-0.2, 0) is 9.53 Å². The van der Waals surface area contributed by atoms with E-state index in [-0.39, 0.29) is 39.4 Å². The summed E-state index contributed by atoms with van der Waals surface area (Å²) in [6.07, 6.45) is 2.28. The molecule has 1 aromatic heterocycles. The van der Waals surface area contributed by atoms with Crippen LogP contribution in [0.15, 0.2) is 78.9 Å². The number of carbonyl (C=O) groups excluding carboxylic acids is 2. The number of carboxylic acid groups (broad SMARTS) is 1. The van der Waals surface area contributed by atoms with Crippen LogP contribution >= 0.6 is 34.5 Å². The molecule has 238 valence electrons. The maximum Gasteiger partial charge on any atom is 0.348 e. The van der Waals surface area contributed by atoms with E-state index >= 15 is 0 Å². The van der Waals surface area contributed by atoms with Gasteiger partial charge in [-0.25, -0.2) is 4.79 Å². The number of thiophene rings is 1. The highest BCUT2D eigenvalue weighted by Crippen LogP contribution is 2.39. The summed E-state index contributed by atoms with van der Waals surface area (Å²) in [5.41, 5.74) is 0.961. The number of carboxylic acids is 1. The Labute approximate surface area is 278 Å². The lowest BCUT2D eigenvalue weighted by Gasteiger charge is -2.23. The Morgan fingerprint density at radius 1 is 0.867 bits per heavy atom. The fraction of sp³-hybridized carbons (Fsp3) is 0.286. The van der Waals surface area contributed by atoms with Crippen LogP contribution in [0.25, 0.3) is 10.4 Å². The van der Waals surface area contributed by atoms with Crippen LogP contribution < -0.4 is 9.64 Å². The number of amides is 1. The van der Waals surface area contributed by atoms with Gasteiger partial charge >= 0.3 is 5.97 Å². The van der Waals surface area contributed by atoms with Gasteiger partial charge in [0.05, 0.1) is 22.8 Å². The predicted molar refractivity (Wildman–Crippen MR) is 183 cm³/mol. The van der Waals surface area contributed by atoms with E-state index in [4.69, 9.17) is 32.7 Å². The van der Waals surface area contributed by atoms with Gasteiger partial charge in [-0.3, -0.25) is 14.5 Å². The average Bonchev–Trinajstić information content (AvgIpc) is 3.46. The summed E-state index contributed by atoms with van der Waals surface area (Å²) in [6, 6.07) is 22.5. The Kier molecular flexibility index (Phi) is 14.1. The van der Waals surface area contributed by atoms with Crippen LogP contribution in [0, 0.1) is 5.92 Å². The Morgan fingerprint density at radius 2 is 1.49 bits per heavy atom. The molecule has 4 aromatic rings. The second-order valence-electron chi connectivity index (χ2n) is 10.3. The summed E-state index contributed by atoms with van der Waals surface area (Å²) in [5, 5.41) is 10.4. The third-order valence-electron chi connectivity index (χ3n) is 6.38. The van der Waals surface area contributed by atoms with Crippen molar-refractivity contribution >= 4 is 57.9 Å². The molecule has 0 aliphatic carbocycles.